The van der Waals surface area contributed by atoms with Gasteiger partial charge in [-0.25, -0.2) is 9.59 Å². The van der Waals surface area contributed by atoms with E-state index in [2.05, 4.69) is 16.0 Å². The van der Waals surface area contributed by atoms with Crippen molar-refractivity contribution in [2.75, 3.05) is 50.1 Å². The number of hydrogen-bond acceptors (Lipinski definition) is 6. The molecule has 0 saturated carbocycles. The van der Waals surface area contributed by atoms with Crippen LogP contribution in [0.4, 0.5) is 21.0 Å². The molecule has 0 aliphatic carbocycles. The monoisotopic (exact) mass is 511 g/mol. The summed E-state index contributed by atoms with van der Waals surface area (Å²) in [5, 5.41) is 17.7. The SMILES string of the molecule is CCNC(=O)Nc1cc(C(=O)NC(CC(=O)O)c2ccc(C)cc2)ccc1N1CCN(C(=O)OC)CC1. The first-order valence-electron chi connectivity index (χ1n) is 12.1. The van der Waals surface area contributed by atoms with Crippen LogP contribution < -0.4 is 20.9 Å². The number of urea groups is 1. The molecule has 1 fully saturated rings. The largest absolute Gasteiger partial charge is 0.481 e. The van der Waals surface area contributed by atoms with Crippen molar-refractivity contribution in [3.8, 4) is 0 Å². The Morgan fingerprint density at radius 1 is 1.03 bits per heavy atom. The van der Waals surface area contributed by atoms with E-state index in [4.69, 9.17) is 4.74 Å². The van der Waals surface area contributed by atoms with Gasteiger partial charge in [0.05, 0.1) is 30.9 Å². The van der Waals surface area contributed by atoms with Gasteiger partial charge in [0.25, 0.3) is 5.91 Å². The third-order valence-corrected chi connectivity index (χ3v) is 6.06. The number of nitrogens with one attached hydrogen (secondary N) is 3. The zero-order chi connectivity index (χ0) is 26.9. The highest BCUT2D eigenvalue weighted by Gasteiger charge is 2.25. The molecule has 0 bridgehead atoms. The van der Waals surface area contributed by atoms with Crippen LogP contribution >= 0.6 is 0 Å². The standard InChI is InChI=1S/C26H33N5O6/c1-4-27-25(35)29-21-15-19(9-10-22(21)30-11-13-31(14-12-30)26(36)37-3)24(34)28-20(16-23(32)33)18-7-5-17(2)6-8-18/h5-10,15,20H,4,11-14,16H2,1-3H3,(H,28,34)(H,32,33)(H2,27,29,35). The first-order valence-corrected chi connectivity index (χ1v) is 12.1. The molecule has 1 aliphatic rings. The van der Waals surface area contributed by atoms with Crippen molar-refractivity contribution in [2.45, 2.75) is 26.3 Å². The minimum atomic E-state index is -1.04. The van der Waals surface area contributed by atoms with Crippen molar-refractivity contribution < 1.29 is 29.0 Å². The van der Waals surface area contributed by atoms with Gasteiger partial charge in [0.2, 0.25) is 0 Å². The molecule has 198 valence electrons. The number of carbonyl (C=O) groups is 4. The molecule has 37 heavy (non-hydrogen) atoms. The maximum Gasteiger partial charge on any atom is 0.409 e. The quantitative estimate of drug-likeness (QED) is 0.427. The van der Waals surface area contributed by atoms with Crippen LogP contribution in [0.25, 0.3) is 0 Å². The van der Waals surface area contributed by atoms with Crippen LogP contribution in [0.15, 0.2) is 42.5 Å². The average Bonchev–Trinajstić information content (AvgIpc) is 2.88. The van der Waals surface area contributed by atoms with Gasteiger partial charge in [-0.15, -0.1) is 0 Å². The molecular formula is C26H33N5O6. The molecule has 2 aromatic rings. The molecule has 1 heterocycles. The molecule has 1 aliphatic heterocycles. The van der Waals surface area contributed by atoms with Crippen molar-refractivity contribution in [3.05, 3.63) is 59.2 Å². The smallest absolute Gasteiger partial charge is 0.409 e. The summed E-state index contributed by atoms with van der Waals surface area (Å²) < 4.78 is 4.79. The molecule has 4 amide bonds. The number of rotatable bonds is 8. The van der Waals surface area contributed by atoms with E-state index in [1.807, 2.05) is 24.0 Å². The number of aliphatic carboxylic acids is 1. The fraction of sp³-hybridized carbons (Fsp3) is 0.385. The molecule has 11 nitrogen and oxygen atoms in total. The van der Waals surface area contributed by atoms with Gasteiger partial charge in [-0.3, -0.25) is 9.59 Å². The summed E-state index contributed by atoms with van der Waals surface area (Å²) in [5.41, 5.74) is 3.10. The van der Waals surface area contributed by atoms with Crippen molar-refractivity contribution in [2.24, 2.45) is 0 Å². The van der Waals surface area contributed by atoms with Gasteiger partial charge < -0.3 is 35.6 Å². The predicted molar refractivity (Wildman–Crippen MR) is 139 cm³/mol. The average molecular weight is 512 g/mol. The number of nitrogens with zero attached hydrogens (tertiary/aromatic N) is 2. The number of carboxylic acids is 1. The molecule has 0 radical (unpaired) electrons. The number of carbonyl (C=O) groups excluding carboxylic acids is 3. The summed E-state index contributed by atoms with van der Waals surface area (Å²) in [5.74, 6) is -1.50. The molecule has 3 rings (SSSR count). The van der Waals surface area contributed by atoms with E-state index >= 15 is 0 Å². The second-order valence-corrected chi connectivity index (χ2v) is 8.70. The molecule has 1 saturated heterocycles. The normalized spacial score (nSPS) is 13.9. The third-order valence-electron chi connectivity index (χ3n) is 6.06. The van der Waals surface area contributed by atoms with Crippen LogP contribution in [0.1, 0.15) is 40.9 Å². The zero-order valence-corrected chi connectivity index (χ0v) is 21.2. The summed E-state index contributed by atoms with van der Waals surface area (Å²) in [6.07, 6.45) is -0.668. The maximum atomic E-state index is 13.2. The van der Waals surface area contributed by atoms with Crippen LogP contribution in [0, 0.1) is 6.92 Å². The number of methoxy groups -OCH3 is 1. The zero-order valence-electron chi connectivity index (χ0n) is 21.2. The highest BCUT2D eigenvalue weighted by molar-refractivity contribution is 6.00. The van der Waals surface area contributed by atoms with Crippen LogP contribution in [-0.2, 0) is 9.53 Å². The number of hydrogen-bond donors (Lipinski definition) is 4. The van der Waals surface area contributed by atoms with Gasteiger partial charge in [-0.2, -0.15) is 0 Å². The Hall–Kier alpha value is -4.28. The second-order valence-electron chi connectivity index (χ2n) is 8.70. The third kappa shape index (κ3) is 7.35. The molecule has 1 atom stereocenters. The lowest BCUT2D eigenvalue weighted by Gasteiger charge is -2.36. The second kappa shape index (κ2) is 12.6. The van der Waals surface area contributed by atoms with E-state index < -0.39 is 30.0 Å². The van der Waals surface area contributed by atoms with E-state index in [1.54, 1.807) is 42.2 Å². The lowest BCUT2D eigenvalue weighted by molar-refractivity contribution is -0.137. The Morgan fingerprint density at radius 3 is 2.30 bits per heavy atom. The van der Waals surface area contributed by atoms with Crippen molar-refractivity contribution in [1.82, 2.24) is 15.5 Å². The van der Waals surface area contributed by atoms with Crippen LogP contribution in [0.3, 0.4) is 0 Å². The summed E-state index contributed by atoms with van der Waals surface area (Å²) in [7, 11) is 1.34. The van der Waals surface area contributed by atoms with Crippen LogP contribution in [-0.4, -0.2) is 73.8 Å². The number of aryl methyl sites for hydroxylation is 1. The highest BCUT2D eigenvalue weighted by atomic mass is 16.5. The first kappa shape index (κ1) is 27.3. The Morgan fingerprint density at radius 2 is 1.70 bits per heavy atom. The van der Waals surface area contributed by atoms with Crippen molar-refractivity contribution in [3.63, 3.8) is 0 Å². The minimum absolute atomic E-state index is 0.270. The van der Waals surface area contributed by atoms with Gasteiger partial charge in [0, 0.05) is 38.3 Å². The number of benzene rings is 2. The molecule has 11 heteroatoms. The summed E-state index contributed by atoms with van der Waals surface area (Å²) in [4.78, 5) is 52.4. The van der Waals surface area contributed by atoms with E-state index in [9.17, 15) is 24.3 Å². The Labute approximate surface area is 215 Å². The van der Waals surface area contributed by atoms with Crippen molar-refractivity contribution >= 4 is 35.4 Å². The minimum Gasteiger partial charge on any atom is -0.481 e. The Kier molecular flexibility index (Phi) is 9.31. The van der Waals surface area contributed by atoms with Gasteiger partial charge in [-0.1, -0.05) is 29.8 Å². The number of piperazine rings is 1. The van der Waals surface area contributed by atoms with Gasteiger partial charge in [-0.05, 0) is 37.6 Å². The van der Waals surface area contributed by atoms with Crippen LogP contribution in [0.5, 0.6) is 0 Å². The number of ether oxygens (including phenoxy) is 1. The molecular weight excluding hydrogens is 478 g/mol. The van der Waals surface area contributed by atoms with Gasteiger partial charge >= 0.3 is 18.1 Å². The van der Waals surface area contributed by atoms with E-state index in [-0.39, 0.29) is 12.0 Å². The van der Waals surface area contributed by atoms with Gasteiger partial charge in [0.1, 0.15) is 0 Å². The fourth-order valence-corrected chi connectivity index (χ4v) is 4.11. The predicted octanol–water partition coefficient (Wildman–Crippen LogP) is 2.97. The highest BCUT2D eigenvalue weighted by Crippen LogP contribution is 2.29. The van der Waals surface area contributed by atoms with Crippen molar-refractivity contribution in [1.29, 1.82) is 0 Å². The van der Waals surface area contributed by atoms with Gasteiger partial charge in [0.15, 0.2) is 0 Å². The van der Waals surface area contributed by atoms with Crippen LogP contribution in [0.2, 0.25) is 0 Å². The lowest BCUT2D eigenvalue weighted by Crippen LogP contribution is -2.49. The fourth-order valence-electron chi connectivity index (χ4n) is 4.11. The number of amides is 4. The Balaban J connectivity index is 1.84. The molecule has 1 unspecified atom stereocenters. The summed E-state index contributed by atoms with van der Waals surface area (Å²) >= 11 is 0. The topological polar surface area (TPSA) is 140 Å². The van der Waals surface area contributed by atoms with E-state index in [0.29, 0.717) is 49.7 Å². The molecule has 0 spiro atoms. The Bertz CT molecular complexity index is 1130. The summed E-state index contributed by atoms with van der Waals surface area (Å²) in [6, 6.07) is 11.1. The summed E-state index contributed by atoms with van der Waals surface area (Å²) in [6.45, 7) is 6.06. The first-order chi connectivity index (χ1) is 17.7. The number of carboxylic acid groups (broad SMARTS) is 1. The lowest BCUT2D eigenvalue weighted by atomic mass is 10.0. The molecule has 4 N–H and O–H groups in total. The van der Waals surface area contributed by atoms with E-state index in [0.717, 1.165) is 5.56 Å². The van der Waals surface area contributed by atoms with E-state index in [1.165, 1.54) is 7.11 Å². The number of anilines is 2. The molecule has 0 aromatic heterocycles. The molecule has 2 aromatic carbocycles. The maximum absolute atomic E-state index is 13.2.